The van der Waals surface area contributed by atoms with E-state index in [1.807, 2.05) is 0 Å². The molecule has 1 fully saturated rings. The second kappa shape index (κ2) is 13.5. The van der Waals surface area contributed by atoms with Crippen molar-refractivity contribution in [2.75, 3.05) is 13.2 Å². The lowest BCUT2D eigenvalue weighted by atomic mass is 9.97. The molecule has 1 aliphatic carbocycles. The first-order valence-corrected chi connectivity index (χ1v) is 14.7. The second-order valence-electron chi connectivity index (χ2n) is 10.2. The van der Waals surface area contributed by atoms with E-state index in [0.29, 0.717) is 43.0 Å². The molecule has 4 aromatic rings. The van der Waals surface area contributed by atoms with Crippen molar-refractivity contribution < 1.29 is 27.5 Å². The maximum atomic E-state index is 13.0. The lowest BCUT2D eigenvalue weighted by Crippen LogP contribution is -2.29. The molecule has 0 radical (unpaired) electrons. The highest BCUT2D eigenvalue weighted by molar-refractivity contribution is 6.36. The van der Waals surface area contributed by atoms with Gasteiger partial charge in [-0.1, -0.05) is 53.0 Å². The number of benzene rings is 3. The predicted octanol–water partition coefficient (Wildman–Crippen LogP) is 8.23. The van der Waals surface area contributed by atoms with Gasteiger partial charge in [0.1, 0.15) is 6.61 Å². The molecule has 1 aliphatic rings. The number of amides is 2. The molecular formula is C32H25Cl3F3N3O3. The number of halogens is 6. The average molecular weight is 663 g/mol. The minimum atomic E-state index is -4.52. The zero-order valence-electron chi connectivity index (χ0n) is 23.0. The normalized spacial score (nSPS) is 13.0. The van der Waals surface area contributed by atoms with E-state index in [-0.39, 0.29) is 43.0 Å². The van der Waals surface area contributed by atoms with Crippen LogP contribution in [0.15, 0.2) is 72.8 Å². The van der Waals surface area contributed by atoms with E-state index >= 15 is 0 Å². The Morgan fingerprint density at radius 1 is 0.864 bits per heavy atom. The van der Waals surface area contributed by atoms with Crippen molar-refractivity contribution in [3.05, 3.63) is 105 Å². The Balaban J connectivity index is 1.48. The number of carbonyl (C=O) groups excluding carboxylic acids is 2. The van der Waals surface area contributed by atoms with Gasteiger partial charge in [-0.15, -0.1) is 0 Å². The van der Waals surface area contributed by atoms with E-state index in [1.54, 1.807) is 48.5 Å². The maximum Gasteiger partial charge on any atom is 0.416 e. The summed E-state index contributed by atoms with van der Waals surface area (Å²) in [5.41, 5.74) is 2.12. The fraction of sp³-hybridized carbons (Fsp3) is 0.219. The van der Waals surface area contributed by atoms with Gasteiger partial charge < -0.3 is 15.4 Å². The number of aromatic nitrogens is 1. The number of nitrogens with one attached hydrogen (secondary N) is 2. The standard InChI is InChI=1S/C32H25Cl3F3N3O3/c33-23-9-5-18(6-10-23)28-26(25-12-11-24(34)16-27(25)35)15-21(31(41-28)44-14-13-39-29(42)19-1-2-19)17-40-30(43)20-3-7-22(8-4-20)32(36,37)38/h3-12,15-16,19H,1-2,13-14,17H2,(H,39,42)(H,40,43). The van der Waals surface area contributed by atoms with Crippen LogP contribution in [0.1, 0.15) is 34.3 Å². The quantitative estimate of drug-likeness (QED) is 0.168. The summed E-state index contributed by atoms with van der Waals surface area (Å²) in [5.74, 6) is -0.379. The van der Waals surface area contributed by atoms with Gasteiger partial charge in [0.2, 0.25) is 11.8 Å². The molecule has 0 unspecified atom stereocenters. The third kappa shape index (κ3) is 7.83. The van der Waals surface area contributed by atoms with Crippen LogP contribution in [-0.2, 0) is 17.5 Å². The Morgan fingerprint density at radius 2 is 1.55 bits per heavy atom. The summed E-state index contributed by atoms with van der Waals surface area (Å²) in [6.07, 6.45) is -2.78. The molecule has 1 saturated carbocycles. The summed E-state index contributed by atoms with van der Waals surface area (Å²) < 4.78 is 45.0. The Morgan fingerprint density at radius 3 is 2.18 bits per heavy atom. The van der Waals surface area contributed by atoms with Gasteiger partial charge >= 0.3 is 6.18 Å². The first-order valence-electron chi connectivity index (χ1n) is 13.6. The van der Waals surface area contributed by atoms with E-state index < -0.39 is 17.6 Å². The van der Waals surface area contributed by atoms with Crippen LogP contribution in [0.4, 0.5) is 13.2 Å². The zero-order valence-corrected chi connectivity index (χ0v) is 25.2. The fourth-order valence-corrected chi connectivity index (χ4v) is 5.07. The highest BCUT2D eigenvalue weighted by atomic mass is 35.5. The second-order valence-corrected chi connectivity index (χ2v) is 11.4. The highest BCUT2D eigenvalue weighted by Gasteiger charge is 2.30. The molecule has 0 bridgehead atoms. The summed E-state index contributed by atoms with van der Waals surface area (Å²) in [6.45, 7) is 0.275. The van der Waals surface area contributed by atoms with Gasteiger partial charge in [0, 0.05) is 55.3 Å². The number of rotatable bonds is 10. The zero-order chi connectivity index (χ0) is 31.4. The molecule has 6 nitrogen and oxygen atoms in total. The van der Waals surface area contributed by atoms with E-state index in [4.69, 9.17) is 44.5 Å². The van der Waals surface area contributed by atoms with Crippen molar-refractivity contribution in [3.8, 4) is 28.3 Å². The van der Waals surface area contributed by atoms with Crippen molar-refractivity contribution >= 4 is 46.6 Å². The van der Waals surface area contributed by atoms with Crippen LogP contribution in [0.2, 0.25) is 15.1 Å². The predicted molar refractivity (Wildman–Crippen MR) is 164 cm³/mol. The molecule has 2 N–H and O–H groups in total. The maximum absolute atomic E-state index is 13.0. The summed E-state index contributed by atoms with van der Waals surface area (Å²) >= 11 is 18.9. The number of pyridine rings is 1. The van der Waals surface area contributed by atoms with Crippen molar-refractivity contribution in [3.63, 3.8) is 0 Å². The van der Waals surface area contributed by atoms with Crippen molar-refractivity contribution in [2.45, 2.75) is 25.6 Å². The monoisotopic (exact) mass is 661 g/mol. The number of carbonyl (C=O) groups is 2. The van der Waals surface area contributed by atoms with E-state index in [0.717, 1.165) is 37.1 Å². The van der Waals surface area contributed by atoms with Gasteiger partial charge in [-0.25, -0.2) is 4.98 Å². The van der Waals surface area contributed by atoms with Crippen molar-refractivity contribution in [2.24, 2.45) is 5.92 Å². The molecule has 1 heterocycles. The van der Waals surface area contributed by atoms with Crippen LogP contribution >= 0.6 is 34.8 Å². The van der Waals surface area contributed by atoms with Gasteiger partial charge in [0.25, 0.3) is 5.91 Å². The fourth-order valence-electron chi connectivity index (χ4n) is 4.43. The van der Waals surface area contributed by atoms with Crippen LogP contribution < -0.4 is 15.4 Å². The summed E-state index contributed by atoms with van der Waals surface area (Å²) in [7, 11) is 0. The van der Waals surface area contributed by atoms with Gasteiger partial charge in [0.05, 0.1) is 17.8 Å². The smallest absolute Gasteiger partial charge is 0.416 e. The van der Waals surface area contributed by atoms with Crippen molar-refractivity contribution in [1.82, 2.24) is 15.6 Å². The number of hydrogen-bond donors (Lipinski definition) is 2. The number of alkyl halides is 3. The van der Waals surface area contributed by atoms with Crippen LogP contribution in [-0.4, -0.2) is 29.9 Å². The van der Waals surface area contributed by atoms with Gasteiger partial charge in [0.15, 0.2) is 0 Å². The van der Waals surface area contributed by atoms with Crippen molar-refractivity contribution in [1.29, 1.82) is 0 Å². The summed E-state index contributed by atoms with van der Waals surface area (Å²) in [4.78, 5) is 29.8. The topological polar surface area (TPSA) is 80.3 Å². The third-order valence-corrected chi connectivity index (χ3v) is 7.70. The van der Waals surface area contributed by atoms with E-state index in [9.17, 15) is 22.8 Å². The van der Waals surface area contributed by atoms with Gasteiger partial charge in [-0.05, 0) is 67.4 Å². The largest absolute Gasteiger partial charge is 0.476 e. The molecule has 1 aromatic heterocycles. The minimum Gasteiger partial charge on any atom is -0.476 e. The number of ether oxygens (including phenoxy) is 1. The SMILES string of the molecule is O=C(NCc1cc(-c2ccc(Cl)cc2Cl)c(-c2ccc(Cl)cc2)nc1OCCNC(=O)C1CC1)c1ccc(C(F)(F)F)cc1. The van der Waals surface area contributed by atoms with Gasteiger partial charge in [-0.2, -0.15) is 13.2 Å². The molecule has 0 spiro atoms. The van der Waals surface area contributed by atoms with E-state index in [2.05, 4.69) is 10.6 Å². The molecule has 3 aromatic carbocycles. The molecule has 228 valence electrons. The first-order chi connectivity index (χ1) is 21.0. The molecule has 44 heavy (non-hydrogen) atoms. The average Bonchev–Trinajstić information content (AvgIpc) is 3.84. The molecule has 5 rings (SSSR count). The van der Waals surface area contributed by atoms with Crippen LogP contribution in [0.25, 0.3) is 22.4 Å². The molecular weight excluding hydrogens is 638 g/mol. The van der Waals surface area contributed by atoms with Crippen LogP contribution in [0.3, 0.4) is 0 Å². The Bertz CT molecular complexity index is 1680. The molecule has 0 aliphatic heterocycles. The minimum absolute atomic E-state index is 0.0276. The Labute approximate surface area is 266 Å². The lowest BCUT2D eigenvalue weighted by molar-refractivity contribution is -0.137. The Kier molecular flexibility index (Phi) is 9.68. The van der Waals surface area contributed by atoms with Gasteiger partial charge in [-0.3, -0.25) is 9.59 Å². The molecule has 0 saturated heterocycles. The Hall–Kier alpha value is -3.79. The summed E-state index contributed by atoms with van der Waals surface area (Å²) in [6, 6.07) is 17.8. The van der Waals surface area contributed by atoms with Crippen LogP contribution in [0.5, 0.6) is 5.88 Å². The third-order valence-electron chi connectivity index (χ3n) is 6.90. The highest BCUT2D eigenvalue weighted by Crippen LogP contribution is 2.39. The molecule has 2 amide bonds. The lowest BCUT2D eigenvalue weighted by Gasteiger charge is -2.18. The van der Waals surface area contributed by atoms with Crippen LogP contribution in [0, 0.1) is 5.92 Å². The summed E-state index contributed by atoms with van der Waals surface area (Å²) in [5, 5.41) is 6.91. The number of hydrogen-bond acceptors (Lipinski definition) is 4. The molecule has 0 atom stereocenters. The van der Waals surface area contributed by atoms with E-state index in [1.165, 1.54) is 0 Å². The first kappa shape index (κ1) is 31.6. The number of nitrogens with zero attached hydrogens (tertiary/aromatic N) is 1. The molecule has 12 heteroatoms.